The molecule has 2 N–H and O–H groups in total. The van der Waals surface area contributed by atoms with Gasteiger partial charge in [0.25, 0.3) is 0 Å². The third-order valence-corrected chi connectivity index (χ3v) is 6.78. The van der Waals surface area contributed by atoms with Crippen molar-refractivity contribution in [1.29, 1.82) is 0 Å². The lowest BCUT2D eigenvalue weighted by Crippen LogP contribution is -2.21. The second-order valence-electron chi connectivity index (χ2n) is 9.28. The second-order valence-corrected chi connectivity index (χ2v) is 9.69. The van der Waals surface area contributed by atoms with E-state index in [0.29, 0.717) is 52.0 Å². The summed E-state index contributed by atoms with van der Waals surface area (Å²) in [5.74, 6) is 1.50. The first kappa shape index (κ1) is 27.4. The maximum atomic E-state index is 13.1. The van der Waals surface area contributed by atoms with Crippen molar-refractivity contribution in [2.75, 3.05) is 44.0 Å². The number of likely N-dealkylation sites (tertiary alicyclic amines) is 1. The number of carbonyl (C=O) groups excluding carboxylic acids is 1. The summed E-state index contributed by atoms with van der Waals surface area (Å²) in [7, 11) is 1.58. The van der Waals surface area contributed by atoms with Gasteiger partial charge in [0.2, 0.25) is 5.88 Å². The van der Waals surface area contributed by atoms with E-state index in [2.05, 4.69) is 25.5 Å². The number of urea groups is 1. The van der Waals surface area contributed by atoms with Gasteiger partial charge >= 0.3 is 6.03 Å². The molecule has 0 bridgehead atoms. The summed E-state index contributed by atoms with van der Waals surface area (Å²) >= 11 is 6.41. The summed E-state index contributed by atoms with van der Waals surface area (Å²) in [6, 6.07) is 13.3. The molecule has 4 aromatic rings. The Morgan fingerprint density at radius 3 is 2.58 bits per heavy atom. The average molecular weight is 566 g/mol. The van der Waals surface area contributed by atoms with Crippen LogP contribution in [-0.2, 0) is 0 Å². The van der Waals surface area contributed by atoms with Gasteiger partial charge in [-0.2, -0.15) is 0 Å². The number of nitrogens with one attached hydrogen (secondary N) is 2. The van der Waals surface area contributed by atoms with Gasteiger partial charge in [-0.25, -0.2) is 19.2 Å². The fourth-order valence-electron chi connectivity index (χ4n) is 4.46. The van der Waals surface area contributed by atoms with Crippen LogP contribution >= 0.6 is 11.6 Å². The predicted octanol–water partition coefficient (Wildman–Crippen LogP) is 6.73. The zero-order valence-electron chi connectivity index (χ0n) is 22.0. The summed E-state index contributed by atoms with van der Waals surface area (Å²) in [5.41, 5.74) is 1.45. The molecule has 0 spiro atoms. The van der Waals surface area contributed by atoms with E-state index < -0.39 is 11.8 Å². The number of aromatic nitrogens is 2. The van der Waals surface area contributed by atoms with Gasteiger partial charge in [0.1, 0.15) is 17.9 Å². The first-order valence-electron chi connectivity index (χ1n) is 13.0. The third-order valence-electron chi connectivity index (χ3n) is 6.46. The number of carbonyl (C=O) groups is 1. The van der Waals surface area contributed by atoms with Crippen LogP contribution in [0.4, 0.5) is 20.6 Å². The smallest absolute Gasteiger partial charge is 0.323 e. The first-order valence-corrected chi connectivity index (χ1v) is 13.3. The SMILES string of the molecule is COc1cc2c(Oc3ccc(NC(=O)Nc4ccc(F)cc4)c(Cl)c3)ncnc2cc1OCCCN1CCCC1. The van der Waals surface area contributed by atoms with Gasteiger partial charge < -0.3 is 29.7 Å². The van der Waals surface area contributed by atoms with Crippen molar-refractivity contribution < 1.29 is 23.4 Å². The number of hydrogen-bond acceptors (Lipinski definition) is 7. The highest BCUT2D eigenvalue weighted by Crippen LogP contribution is 2.37. The molecule has 11 heteroatoms. The zero-order valence-corrected chi connectivity index (χ0v) is 22.7. The van der Waals surface area contributed by atoms with Gasteiger partial charge in [-0.3, -0.25) is 0 Å². The summed E-state index contributed by atoms with van der Waals surface area (Å²) < 4.78 is 30.7. The molecule has 0 saturated carbocycles. The number of hydrogen-bond donors (Lipinski definition) is 2. The molecular formula is C29H29ClFN5O4. The predicted molar refractivity (Wildman–Crippen MR) is 152 cm³/mol. The number of methoxy groups -OCH3 is 1. The molecule has 1 aliphatic heterocycles. The molecule has 1 aromatic heterocycles. The first-order chi connectivity index (χ1) is 19.5. The average Bonchev–Trinajstić information content (AvgIpc) is 3.47. The van der Waals surface area contributed by atoms with E-state index in [1.54, 1.807) is 31.4 Å². The molecule has 3 aromatic carbocycles. The highest BCUT2D eigenvalue weighted by atomic mass is 35.5. The maximum absolute atomic E-state index is 13.1. The Kier molecular flexibility index (Phi) is 8.78. The van der Waals surface area contributed by atoms with E-state index in [0.717, 1.165) is 26.1 Å². The lowest BCUT2D eigenvalue weighted by atomic mass is 10.2. The molecule has 1 aliphatic rings. The normalized spacial score (nSPS) is 13.3. The summed E-state index contributed by atoms with van der Waals surface area (Å²) in [4.78, 5) is 23.5. The number of anilines is 2. The Bertz CT molecular complexity index is 1480. The Morgan fingerprint density at radius 1 is 1.02 bits per heavy atom. The van der Waals surface area contributed by atoms with Crippen molar-refractivity contribution in [3.05, 3.63) is 71.8 Å². The van der Waals surface area contributed by atoms with E-state index in [-0.39, 0.29) is 5.02 Å². The Labute approximate surface area is 236 Å². The largest absolute Gasteiger partial charge is 0.493 e. The molecule has 2 amide bonds. The van der Waals surface area contributed by atoms with Gasteiger partial charge in [0.15, 0.2) is 11.5 Å². The Hall–Kier alpha value is -4.15. The van der Waals surface area contributed by atoms with Crippen LogP contribution in [0.3, 0.4) is 0 Å². The van der Waals surface area contributed by atoms with E-state index in [4.69, 9.17) is 25.8 Å². The molecule has 9 nitrogen and oxygen atoms in total. The van der Waals surface area contributed by atoms with E-state index in [9.17, 15) is 9.18 Å². The van der Waals surface area contributed by atoms with Crippen molar-refractivity contribution in [1.82, 2.24) is 14.9 Å². The van der Waals surface area contributed by atoms with E-state index >= 15 is 0 Å². The quantitative estimate of drug-likeness (QED) is 0.206. The summed E-state index contributed by atoms with van der Waals surface area (Å²) in [6.45, 7) is 3.92. The fourth-order valence-corrected chi connectivity index (χ4v) is 4.68. The van der Waals surface area contributed by atoms with Crippen molar-refractivity contribution in [2.24, 2.45) is 0 Å². The third kappa shape index (κ3) is 6.88. The van der Waals surface area contributed by atoms with Gasteiger partial charge in [-0.15, -0.1) is 0 Å². The van der Waals surface area contributed by atoms with E-state index in [1.165, 1.54) is 43.4 Å². The van der Waals surface area contributed by atoms with Gasteiger partial charge in [-0.1, -0.05) is 11.6 Å². The van der Waals surface area contributed by atoms with Crippen molar-refractivity contribution in [2.45, 2.75) is 19.3 Å². The number of ether oxygens (including phenoxy) is 3. The second kappa shape index (κ2) is 12.8. The van der Waals surface area contributed by atoms with Crippen molar-refractivity contribution in [3.8, 4) is 23.1 Å². The van der Waals surface area contributed by atoms with Gasteiger partial charge in [-0.05, 0) is 74.8 Å². The number of amides is 2. The Morgan fingerprint density at radius 2 is 1.82 bits per heavy atom. The molecule has 1 fully saturated rings. The summed E-state index contributed by atoms with van der Waals surface area (Å²) in [6.07, 6.45) is 4.89. The standard InChI is InChI=1S/C29H29ClFN5O4/c1-38-26-16-22-25(17-27(26)39-14-4-13-36-11-2-3-12-36)32-18-33-28(22)40-21-9-10-24(23(30)15-21)35-29(37)34-20-7-5-19(31)6-8-20/h5-10,15-18H,2-4,11-14H2,1H3,(H2,34,35,37). The minimum Gasteiger partial charge on any atom is -0.493 e. The van der Waals surface area contributed by atoms with Crippen molar-refractivity contribution >= 4 is 39.9 Å². The molecule has 5 rings (SSSR count). The lowest BCUT2D eigenvalue weighted by Gasteiger charge is -2.16. The molecule has 0 atom stereocenters. The van der Waals surface area contributed by atoms with Crippen LogP contribution in [0.25, 0.3) is 10.9 Å². The van der Waals surface area contributed by atoms with Crippen molar-refractivity contribution in [3.63, 3.8) is 0 Å². The molecule has 40 heavy (non-hydrogen) atoms. The number of halogens is 2. The maximum Gasteiger partial charge on any atom is 0.323 e. The molecular weight excluding hydrogens is 537 g/mol. The zero-order chi connectivity index (χ0) is 27.9. The van der Waals surface area contributed by atoms with Crippen LogP contribution < -0.4 is 24.8 Å². The topological polar surface area (TPSA) is 97.8 Å². The fraction of sp³-hybridized carbons (Fsp3) is 0.276. The molecule has 0 unspecified atom stereocenters. The van der Waals surface area contributed by atoms with Crippen LogP contribution in [-0.4, -0.2) is 54.2 Å². The molecule has 2 heterocycles. The number of nitrogens with zero attached hydrogens (tertiary/aromatic N) is 3. The minimum atomic E-state index is -0.523. The Balaban J connectivity index is 1.25. The van der Waals surface area contributed by atoms with Gasteiger partial charge in [0, 0.05) is 24.4 Å². The van der Waals surface area contributed by atoms with Crippen LogP contribution in [0.1, 0.15) is 19.3 Å². The molecule has 1 saturated heterocycles. The number of benzene rings is 3. The molecule has 208 valence electrons. The van der Waals surface area contributed by atoms with Crippen LogP contribution in [0.5, 0.6) is 23.1 Å². The highest BCUT2D eigenvalue weighted by Gasteiger charge is 2.15. The van der Waals surface area contributed by atoms with Crippen LogP contribution in [0.2, 0.25) is 5.02 Å². The highest BCUT2D eigenvalue weighted by molar-refractivity contribution is 6.34. The number of rotatable bonds is 10. The minimum absolute atomic E-state index is 0.257. The number of fused-ring (bicyclic) bond motifs is 1. The van der Waals surface area contributed by atoms with Crippen LogP contribution in [0.15, 0.2) is 60.9 Å². The van der Waals surface area contributed by atoms with Gasteiger partial charge in [0.05, 0.1) is 35.3 Å². The molecule has 0 radical (unpaired) electrons. The lowest BCUT2D eigenvalue weighted by molar-refractivity contribution is 0.254. The van der Waals surface area contributed by atoms with E-state index in [1.807, 2.05) is 6.07 Å². The molecule has 0 aliphatic carbocycles. The van der Waals surface area contributed by atoms with Crippen LogP contribution in [0, 0.1) is 5.82 Å². The summed E-state index contributed by atoms with van der Waals surface area (Å²) in [5, 5.41) is 6.17. The monoisotopic (exact) mass is 565 g/mol.